The van der Waals surface area contributed by atoms with Crippen LogP contribution in [0, 0.1) is 0 Å². The second-order valence-electron chi connectivity index (χ2n) is 11.4. The molecular formula is C45H42N6. The summed E-state index contributed by atoms with van der Waals surface area (Å²) >= 11 is 0. The Hall–Kier alpha value is -6.63. The molecule has 0 amide bonds. The monoisotopic (exact) mass is 666 g/mol. The maximum absolute atomic E-state index is 4.20. The number of allylic oxidation sites excluding steroid dienone is 6. The molecular weight excluding hydrogens is 625 g/mol. The van der Waals surface area contributed by atoms with E-state index in [1.165, 1.54) is 72.7 Å². The van der Waals surface area contributed by atoms with E-state index in [-0.39, 0.29) is 6.15 Å². The second-order valence-corrected chi connectivity index (χ2v) is 11.4. The highest BCUT2D eigenvalue weighted by Crippen LogP contribution is 2.42. The molecule has 3 N–H and O–H groups in total. The minimum absolute atomic E-state index is 0. The van der Waals surface area contributed by atoms with Gasteiger partial charge in [-0.05, 0) is 98.4 Å². The lowest BCUT2D eigenvalue weighted by molar-refractivity contribution is 1.17. The molecule has 0 radical (unpaired) electrons. The van der Waals surface area contributed by atoms with Gasteiger partial charge in [-0.3, -0.25) is 9.98 Å². The lowest BCUT2D eigenvalue weighted by Crippen LogP contribution is -1.90. The highest BCUT2D eigenvalue weighted by Gasteiger charge is 2.15. The number of pyridine rings is 1. The molecule has 0 saturated carbocycles. The molecule has 252 valence electrons. The third kappa shape index (κ3) is 8.89. The standard InChI is InChI=1S/C31H19N3.C10H14.C4H6N2.H3N/c1-3-21(4-2-20(1)25-17-33-19-34-18-25)26-9-7-23-5-6-24-8-10-27(22-13-15-32-16-14-22)29-12-11-28(26)30(23)31(24)29;1-5-9(3)7-8-10(4)6-2;1-3-6-4-5-2;/h1-19H;5-8H,1,3H2,2,4H3;3-4H,1-2H2;1H3/b;8-7-,10-6+;;. The molecule has 5 aromatic carbocycles. The van der Waals surface area contributed by atoms with Crippen LogP contribution in [0.1, 0.15) is 13.8 Å². The van der Waals surface area contributed by atoms with Crippen molar-refractivity contribution < 1.29 is 0 Å². The first kappa shape index (κ1) is 37.2. The summed E-state index contributed by atoms with van der Waals surface area (Å²) in [7, 11) is 0. The van der Waals surface area contributed by atoms with Crippen LogP contribution in [-0.4, -0.2) is 28.0 Å². The third-order valence-electron chi connectivity index (χ3n) is 8.28. The number of aliphatic imine (C=N–C) groups is 2. The van der Waals surface area contributed by atoms with Gasteiger partial charge in [0, 0.05) is 36.6 Å². The first-order valence-corrected chi connectivity index (χ1v) is 16.2. The van der Waals surface area contributed by atoms with E-state index in [1.54, 1.807) is 12.4 Å². The summed E-state index contributed by atoms with van der Waals surface area (Å²) in [6.07, 6.45) is 19.4. The summed E-state index contributed by atoms with van der Waals surface area (Å²) in [5, 5.41) is 7.73. The highest BCUT2D eigenvalue weighted by atomic mass is 14.8. The van der Waals surface area contributed by atoms with Crippen molar-refractivity contribution in [2.24, 2.45) is 9.98 Å². The van der Waals surface area contributed by atoms with E-state index in [2.05, 4.69) is 136 Å². The largest absolute Gasteiger partial charge is 0.344 e. The van der Waals surface area contributed by atoms with Crippen molar-refractivity contribution in [2.45, 2.75) is 13.8 Å². The van der Waals surface area contributed by atoms with Crippen LogP contribution in [0.5, 0.6) is 0 Å². The predicted molar refractivity (Wildman–Crippen MR) is 221 cm³/mol. The van der Waals surface area contributed by atoms with Gasteiger partial charge in [-0.15, -0.1) is 0 Å². The van der Waals surface area contributed by atoms with Gasteiger partial charge in [-0.1, -0.05) is 122 Å². The Labute approximate surface area is 300 Å². The molecule has 0 aliphatic carbocycles. The molecule has 51 heavy (non-hydrogen) atoms. The average Bonchev–Trinajstić information content (AvgIpc) is 3.19. The molecule has 0 unspecified atom stereocenters. The van der Waals surface area contributed by atoms with E-state index in [0.717, 1.165) is 16.7 Å². The van der Waals surface area contributed by atoms with Crippen molar-refractivity contribution in [1.29, 1.82) is 0 Å². The van der Waals surface area contributed by atoms with E-state index in [1.807, 2.05) is 56.9 Å². The smallest absolute Gasteiger partial charge is 0.115 e. The first-order chi connectivity index (χ1) is 24.5. The number of aromatic nitrogens is 3. The quantitative estimate of drug-likeness (QED) is 0.0755. The van der Waals surface area contributed by atoms with Crippen LogP contribution in [0.25, 0.3) is 65.7 Å². The van der Waals surface area contributed by atoms with Crippen LogP contribution in [0.4, 0.5) is 0 Å². The average molecular weight is 667 g/mol. The van der Waals surface area contributed by atoms with Crippen LogP contribution in [0.3, 0.4) is 0 Å². The summed E-state index contributed by atoms with van der Waals surface area (Å²) in [5.74, 6) is 0. The van der Waals surface area contributed by atoms with Crippen molar-refractivity contribution in [1.82, 2.24) is 21.1 Å². The molecule has 7 rings (SSSR count). The third-order valence-corrected chi connectivity index (χ3v) is 8.28. The summed E-state index contributed by atoms with van der Waals surface area (Å²) in [6.45, 7) is 17.9. The fourth-order valence-corrected chi connectivity index (χ4v) is 5.62. The molecule has 2 aromatic heterocycles. The van der Waals surface area contributed by atoms with Gasteiger partial charge < -0.3 is 6.15 Å². The topological polar surface area (TPSA) is 98.4 Å². The van der Waals surface area contributed by atoms with Gasteiger partial charge in [0.15, 0.2) is 0 Å². The Bertz CT molecular complexity index is 2320. The molecule has 2 heterocycles. The zero-order chi connectivity index (χ0) is 35.3. The Morgan fingerprint density at radius 2 is 1.18 bits per heavy atom. The molecule has 6 heteroatoms. The lowest BCUT2D eigenvalue weighted by atomic mass is 9.87. The Morgan fingerprint density at radius 1 is 0.647 bits per heavy atom. The molecule has 0 spiro atoms. The summed E-state index contributed by atoms with van der Waals surface area (Å²) in [6, 6.07) is 30.8. The zero-order valence-corrected chi connectivity index (χ0v) is 29.2. The van der Waals surface area contributed by atoms with E-state index >= 15 is 0 Å². The van der Waals surface area contributed by atoms with Crippen LogP contribution < -0.4 is 6.15 Å². The first-order valence-electron chi connectivity index (χ1n) is 16.2. The molecule has 0 atom stereocenters. The van der Waals surface area contributed by atoms with E-state index in [0.29, 0.717) is 0 Å². The summed E-state index contributed by atoms with van der Waals surface area (Å²) in [4.78, 5) is 19.3. The van der Waals surface area contributed by atoms with Crippen LogP contribution in [0.15, 0.2) is 187 Å². The van der Waals surface area contributed by atoms with Crippen molar-refractivity contribution in [3.05, 3.63) is 177 Å². The van der Waals surface area contributed by atoms with Crippen LogP contribution in [0.2, 0.25) is 0 Å². The Balaban J connectivity index is 0.000000290. The summed E-state index contributed by atoms with van der Waals surface area (Å²) < 4.78 is 0. The fraction of sp³-hybridized carbons (Fsp3) is 0.0444. The van der Waals surface area contributed by atoms with Crippen molar-refractivity contribution >= 4 is 45.4 Å². The number of benzene rings is 5. The number of hydrogen-bond acceptors (Lipinski definition) is 5. The van der Waals surface area contributed by atoms with Gasteiger partial charge in [0.2, 0.25) is 0 Å². The number of hydrogen-bond donors (Lipinski definition) is 1. The molecule has 0 aliphatic rings. The van der Waals surface area contributed by atoms with Gasteiger partial charge in [0.1, 0.15) is 12.7 Å². The van der Waals surface area contributed by atoms with Gasteiger partial charge in [0.05, 0.1) is 0 Å². The van der Waals surface area contributed by atoms with Crippen LogP contribution >= 0.6 is 0 Å². The molecule has 7 aromatic rings. The van der Waals surface area contributed by atoms with E-state index in [4.69, 9.17) is 0 Å². The minimum Gasteiger partial charge on any atom is -0.344 e. The van der Waals surface area contributed by atoms with Gasteiger partial charge in [-0.2, -0.15) is 0 Å². The Kier molecular flexibility index (Phi) is 13.3. The lowest BCUT2D eigenvalue weighted by Gasteiger charge is -2.16. The van der Waals surface area contributed by atoms with E-state index < -0.39 is 0 Å². The van der Waals surface area contributed by atoms with Gasteiger partial charge >= 0.3 is 0 Å². The number of rotatable bonds is 8. The highest BCUT2D eigenvalue weighted by molar-refractivity contribution is 6.27. The maximum atomic E-state index is 4.20. The molecule has 0 fully saturated rings. The molecule has 6 nitrogen and oxygen atoms in total. The van der Waals surface area contributed by atoms with Crippen LogP contribution in [-0.2, 0) is 0 Å². The fourth-order valence-electron chi connectivity index (χ4n) is 5.62. The predicted octanol–water partition coefficient (Wildman–Crippen LogP) is 12.0. The summed E-state index contributed by atoms with van der Waals surface area (Å²) in [5.41, 5.74) is 9.19. The van der Waals surface area contributed by atoms with Crippen molar-refractivity contribution in [3.8, 4) is 33.4 Å². The normalized spacial score (nSPS) is 11.1. The van der Waals surface area contributed by atoms with Crippen molar-refractivity contribution in [2.75, 3.05) is 0 Å². The second kappa shape index (κ2) is 18.2. The van der Waals surface area contributed by atoms with E-state index in [9.17, 15) is 0 Å². The minimum atomic E-state index is 0. The molecule has 0 saturated heterocycles. The van der Waals surface area contributed by atoms with Gasteiger partial charge in [0.25, 0.3) is 0 Å². The SMILES string of the molecule is C=CC(=C)/C=C\C(C)=C\C.C=CN=CN=C.N.c1cc(-c2ccc3ccc4ccc(-c5ccc(-c6cncnc6)cc5)c5ccc2c3c45)ccn1. The number of nitrogens with zero attached hydrogens (tertiary/aromatic N) is 5. The molecule has 0 aliphatic heterocycles. The maximum Gasteiger partial charge on any atom is 0.115 e. The van der Waals surface area contributed by atoms with Gasteiger partial charge in [-0.25, -0.2) is 15.0 Å². The van der Waals surface area contributed by atoms with Crippen molar-refractivity contribution in [3.63, 3.8) is 0 Å². The zero-order valence-electron chi connectivity index (χ0n) is 29.2. The molecule has 0 bridgehead atoms. The Morgan fingerprint density at radius 3 is 1.67 bits per heavy atom.